The zero-order chi connectivity index (χ0) is 11.0. The number of benzene rings is 1. The molecule has 3 heteroatoms. The second-order valence-electron chi connectivity index (χ2n) is 4.69. The van der Waals surface area contributed by atoms with Gasteiger partial charge in [0.05, 0.1) is 0 Å². The Kier molecular flexibility index (Phi) is 2.82. The van der Waals surface area contributed by atoms with Crippen LogP contribution in [0, 0.1) is 0 Å². The maximum absolute atomic E-state index is 5.67. The lowest BCUT2D eigenvalue weighted by atomic mass is 10.0. The molecule has 3 fully saturated rings. The van der Waals surface area contributed by atoms with Crippen molar-refractivity contribution in [3.8, 4) is 0 Å². The maximum Gasteiger partial charge on any atom is 0.0399 e. The van der Waals surface area contributed by atoms with Crippen LogP contribution >= 0.6 is 11.8 Å². The molecule has 86 valence electrons. The third-order valence-corrected chi connectivity index (χ3v) is 4.96. The number of hydrogen-bond donors (Lipinski definition) is 1. The second kappa shape index (κ2) is 4.30. The van der Waals surface area contributed by atoms with Crippen LogP contribution in [0.4, 0.5) is 5.69 Å². The number of thioether (sulfide) groups is 1. The minimum Gasteiger partial charge on any atom is -0.369 e. The fourth-order valence-electron chi connectivity index (χ4n) is 2.74. The van der Waals surface area contributed by atoms with Gasteiger partial charge in [0.15, 0.2) is 0 Å². The van der Waals surface area contributed by atoms with E-state index in [-0.39, 0.29) is 0 Å². The highest BCUT2D eigenvalue weighted by molar-refractivity contribution is 8.02. The average Bonchev–Trinajstić information content (AvgIpc) is 2.29. The summed E-state index contributed by atoms with van der Waals surface area (Å²) in [5, 5.41) is 1.76. The molecule has 0 amide bonds. The van der Waals surface area contributed by atoms with Crippen LogP contribution in [0.1, 0.15) is 12.0 Å². The quantitative estimate of drug-likeness (QED) is 0.866. The molecule has 2 unspecified atom stereocenters. The van der Waals surface area contributed by atoms with Crippen molar-refractivity contribution in [3.63, 3.8) is 0 Å². The zero-order valence-corrected chi connectivity index (χ0v) is 10.2. The molecule has 0 spiro atoms. The van der Waals surface area contributed by atoms with Crippen molar-refractivity contribution in [2.75, 3.05) is 24.5 Å². The molecular weight excluding hydrogens is 216 g/mol. The Labute approximate surface area is 101 Å². The standard InChI is InChI=1S/C13H18N2S/c14-6-5-10-3-1-2-4-13(10)15-8-11-7-12(9-15)16-11/h1-4,11-12H,5-9,14H2. The van der Waals surface area contributed by atoms with E-state index in [1.54, 1.807) is 0 Å². The minimum atomic E-state index is 0.743. The van der Waals surface area contributed by atoms with Gasteiger partial charge in [0, 0.05) is 29.3 Å². The molecule has 0 aliphatic carbocycles. The molecule has 1 aromatic carbocycles. The van der Waals surface area contributed by atoms with Gasteiger partial charge < -0.3 is 10.6 Å². The van der Waals surface area contributed by atoms with E-state index in [2.05, 4.69) is 40.9 Å². The van der Waals surface area contributed by atoms with Gasteiger partial charge in [-0.1, -0.05) is 18.2 Å². The minimum absolute atomic E-state index is 0.743. The summed E-state index contributed by atoms with van der Waals surface area (Å²) in [4.78, 5) is 2.56. The van der Waals surface area contributed by atoms with E-state index in [0.717, 1.165) is 23.5 Å². The summed E-state index contributed by atoms with van der Waals surface area (Å²) in [6.45, 7) is 3.19. The average molecular weight is 234 g/mol. The summed E-state index contributed by atoms with van der Waals surface area (Å²) < 4.78 is 0. The SMILES string of the molecule is NCCc1ccccc1N1CC2CC(C1)S2. The first-order valence-electron chi connectivity index (χ1n) is 6.05. The fraction of sp³-hybridized carbons (Fsp3) is 0.538. The highest BCUT2D eigenvalue weighted by atomic mass is 32.2. The third kappa shape index (κ3) is 1.82. The normalized spacial score (nSPS) is 27.7. The van der Waals surface area contributed by atoms with Crippen molar-refractivity contribution in [1.82, 2.24) is 0 Å². The first-order chi connectivity index (χ1) is 7.86. The van der Waals surface area contributed by atoms with Crippen LogP contribution < -0.4 is 10.6 Å². The van der Waals surface area contributed by atoms with Crippen LogP contribution in [0.2, 0.25) is 0 Å². The predicted octanol–water partition coefficient (Wildman–Crippen LogP) is 1.88. The first kappa shape index (κ1) is 10.5. The van der Waals surface area contributed by atoms with E-state index in [4.69, 9.17) is 5.73 Å². The Balaban J connectivity index is 1.82. The Morgan fingerprint density at radius 3 is 2.62 bits per heavy atom. The highest BCUT2D eigenvalue weighted by Gasteiger charge is 2.38. The Morgan fingerprint density at radius 2 is 1.94 bits per heavy atom. The van der Waals surface area contributed by atoms with Crippen molar-refractivity contribution >= 4 is 17.4 Å². The predicted molar refractivity (Wildman–Crippen MR) is 71.2 cm³/mol. The number of nitrogens with zero attached hydrogens (tertiary/aromatic N) is 1. The van der Waals surface area contributed by atoms with Crippen LogP contribution in [0.3, 0.4) is 0 Å². The van der Waals surface area contributed by atoms with E-state index in [1.807, 2.05) is 0 Å². The maximum atomic E-state index is 5.67. The topological polar surface area (TPSA) is 29.3 Å². The van der Waals surface area contributed by atoms with Gasteiger partial charge in [-0.05, 0) is 31.0 Å². The van der Waals surface area contributed by atoms with Gasteiger partial charge in [-0.25, -0.2) is 0 Å². The van der Waals surface area contributed by atoms with Gasteiger partial charge in [-0.2, -0.15) is 11.8 Å². The van der Waals surface area contributed by atoms with Gasteiger partial charge in [-0.15, -0.1) is 0 Å². The Bertz CT molecular complexity index is 364. The number of hydrogen-bond acceptors (Lipinski definition) is 3. The largest absolute Gasteiger partial charge is 0.369 e. The van der Waals surface area contributed by atoms with Crippen LogP contribution in [0.25, 0.3) is 0 Å². The van der Waals surface area contributed by atoms with Crippen LogP contribution in [0.15, 0.2) is 24.3 Å². The molecule has 2 atom stereocenters. The molecule has 2 bridgehead atoms. The van der Waals surface area contributed by atoms with Crippen LogP contribution in [-0.2, 0) is 6.42 Å². The smallest absolute Gasteiger partial charge is 0.0399 e. The van der Waals surface area contributed by atoms with E-state index >= 15 is 0 Å². The Hall–Kier alpha value is -0.670. The molecule has 2 nitrogen and oxygen atoms in total. The zero-order valence-electron chi connectivity index (χ0n) is 9.43. The lowest BCUT2D eigenvalue weighted by molar-refractivity contribution is 0.556. The van der Waals surface area contributed by atoms with Gasteiger partial charge in [0.25, 0.3) is 0 Å². The molecule has 0 radical (unpaired) electrons. The number of nitrogens with two attached hydrogens (primary N) is 1. The highest BCUT2D eigenvalue weighted by Crippen LogP contribution is 2.43. The number of para-hydroxylation sites is 1. The van der Waals surface area contributed by atoms with E-state index in [9.17, 15) is 0 Å². The lowest BCUT2D eigenvalue weighted by Crippen LogP contribution is -2.51. The summed E-state index contributed by atoms with van der Waals surface area (Å²) in [5.74, 6) is 0. The number of piperidine rings is 1. The van der Waals surface area contributed by atoms with E-state index in [0.29, 0.717) is 0 Å². The molecule has 0 aromatic heterocycles. The van der Waals surface area contributed by atoms with Crippen molar-refractivity contribution in [1.29, 1.82) is 0 Å². The van der Waals surface area contributed by atoms with Crippen LogP contribution in [0.5, 0.6) is 0 Å². The van der Waals surface area contributed by atoms with Gasteiger partial charge >= 0.3 is 0 Å². The molecule has 2 N–H and O–H groups in total. The van der Waals surface area contributed by atoms with Gasteiger partial charge in [0.2, 0.25) is 0 Å². The van der Waals surface area contributed by atoms with Crippen molar-refractivity contribution < 1.29 is 0 Å². The summed E-state index contributed by atoms with van der Waals surface area (Å²) >= 11 is 2.17. The summed E-state index contributed by atoms with van der Waals surface area (Å²) in [5.41, 5.74) is 8.51. The van der Waals surface area contributed by atoms with Crippen molar-refractivity contribution in [2.24, 2.45) is 5.73 Å². The molecule has 3 heterocycles. The molecule has 0 saturated carbocycles. The molecule has 1 aromatic rings. The number of fused-ring (bicyclic) bond motifs is 2. The molecule has 3 aliphatic heterocycles. The number of rotatable bonds is 3. The third-order valence-electron chi connectivity index (χ3n) is 3.50. The molecular formula is C13H18N2S. The second-order valence-corrected chi connectivity index (χ2v) is 6.29. The van der Waals surface area contributed by atoms with Gasteiger partial charge in [-0.3, -0.25) is 0 Å². The van der Waals surface area contributed by atoms with E-state index < -0.39 is 0 Å². The summed E-state index contributed by atoms with van der Waals surface area (Å²) in [7, 11) is 0. The summed E-state index contributed by atoms with van der Waals surface area (Å²) in [6.07, 6.45) is 2.43. The van der Waals surface area contributed by atoms with Crippen LogP contribution in [-0.4, -0.2) is 30.1 Å². The number of anilines is 1. The first-order valence-corrected chi connectivity index (χ1v) is 6.99. The van der Waals surface area contributed by atoms with Gasteiger partial charge in [0.1, 0.15) is 0 Å². The summed E-state index contributed by atoms with van der Waals surface area (Å²) in [6, 6.07) is 8.73. The monoisotopic (exact) mass is 234 g/mol. The Morgan fingerprint density at radius 1 is 1.25 bits per heavy atom. The molecule has 3 saturated heterocycles. The fourth-order valence-corrected chi connectivity index (χ4v) is 4.14. The molecule has 3 aliphatic rings. The lowest BCUT2D eigenvalue weighted by Gasteiger charge is -2.48. The molecule has 4 rings (SSSR count). The molecule has 16 heavy (non-hydrogen) atoms. The van der Waals surface area contributed by atoms with Crippen molar-refractivity contribution in [3.05, 3.63) is 29.8 Å². The van der Waals surface area contributed by atoms with Crippen molar-refractivity contribution in [2.45, 2.75) is 23.3 Å². The van der Waals surface area contributed by atoms with E-state index in [1.165, 1.54) is 30.8 Å².